The van der Waals surface area contributed by atoms with Crippen LogP contribution in [0.1, 0.15) is 39.0 Å². The second-order valence-corrected chi connectivity index (χ2v) is 5.02. The van der Waals surface area contributed by atoms with Crippen molar-refractivity contribution in [1.29, 1.82) is 0 Å². The van der Waals surface area contributed by atoms with Gasteiger partial charge in [0.2, 0.25) is 0 Å². The predicted molar refractivity (Wildman–Crippen MR) is 62.7 cm³/mol. The molecule has 1 atom stereocenters. The topological polar surface area (TPSA) is 38.0 Å². The fourth-order valence-electron chi connectivity index (χ4n) is 2.14. The van der Waals surface area contributed by atoms with Gasteiger partial charge in [-0.15, -0.1) is 0 Å². The number of rotatable bonds is 6. The highest BCUT2D eigenvalue weighted by Gasteiger charge is 2.30. The van der Waals surface area contributed by atoms with Gasteiger partial charge in [0.25, 0.3) is 0 Å². The molecule has 5 heteroatoms. The first-order valence-electron chi connectivity index (χ1n) is 6.04. The maximum atomic E-state index is 12.1. The highest BCUT2D eigenvalue weighted by molar-refractivity contribution is 5.01. The summed E-state index contributed by atoms with van der Waals surface area (Å²) in [6.07, 6.45) is 1.85. The molecular formula is C12H21F3N2. The summed E-state index contributed by atoms with van der Waals surface area (Å²) in [5, 5.41) is 3.37. The molecule has 0 aliphatic heterocycles. The third-order valence-corrected chi connectivity index (χ3v) is 3.20. The van der Waals surface area contributed by atoms with Crippen molar-refractivity contribution < 1.29 is 13.2 Å². The van der Waals surface area contributed by atoms with Crippen LogP contribution >= 0.6 is 0 Å². The molecule has 0 bridgehead atoms. The molecule has 0 radical (unpaired) electrons. The molecule has 0 heterocycles. The van der Waals surface area contributed by atoms with Crippen LogP contribution < -0.4 is 11.1 Å². The van der Waals surface area contributed by atoms with Gasteiger partial charge < -0.3 is 11.1 Å². The zero-order valence-corrected chi connectivity index (χ0v) is 10.2. The molecule has 0 amide bonds. The molecule has 2 nitrogen and oxygen atoms in total. The summed E-state index contributed by atoms with van der Waals surface area (Å²) in [6.45, 7) is 2.27. The summed E-state index contributed by atoms with van der Waals surface area (Å²) in [7, 11) is 0. The lowest BCUT2D eigenvalue weighted by Gasteiger charge is -2.33. The Morgan fingerprint density at radius 1 is 1.24 bits per heavy atom. The maximum absolute atomic E-state index is 12.1. The van der Waals surface area contributed by atoms with Gasteiger partial charge in [-0.25, -0.2) is 0 Å². The Labute approximate surface area is 100 Å². The van der Waals surface area contributed by atoms with Gasteiger partial charge in [0.15, 0.2) is 0 Å². The largest absolute Gasteiger partial charge is 0.389 e. The minimum absolute atomic E-state index is 0.129. The van der Waals surface area contributed by atoms with Crippen LogP contribution in [0.2, 0.25) is 0 Å². The fraction of sp³-hybridized carbons (Fsp3) is 0.833. The fourth-order valence-corrected chi connectivity index (χ4v) is 2.14. The number of hydrogen-bond acceptors (Lipinski definition) is 2. The van der Waals surface area contributed by atoms with E-state index in [1.807, 2.05) is 6.92 Å². The highest BCUT2D eigenvalue weighted by atomic mass is 19.4. The smallest absolute Gasteiger partial charge is 0.329 e. The van der Waals surface area contributed by atoms with Crippen LogP contribution in [-0.4, -0.2) is 24.3 Å². The zero-order chi connectivity index (χ0) is 12.9. The van der Waals surface area contributed by atoms with E-state index in [1.54, 1.807) is 0 Å². The zero-order valence-electron chi connectivity index (χ0n) is 10.2. The lowest BCUT2D eigenvalue weighted by atomic mass is 9.93. The second-order valence-electron chi connectivity index (χ2n) is 5.02. The van der Waals surface area contributed by atoms with Crippen molar-refractivity contribution in [2.75, 3.05) is 6.54 Å². The molecule has 1 aliphatic rings. The normalized spacial score (nSPS) is 20.8. The van der Waals surface area contributed by atoms with Gasteiger partial charge in [0.1, 0.15) is 0 Å². The summed E-state index contributed by atoms with van der Waals surface area (Å²) in [4.78, 5) is 0. The molecule has 0 aromatic carbocycles. The van der Waals surface area contributed by atoms with Crippen molar-refractivity contribution >= 4 is 0 Å². The van der Waals surface area contributed by atoms with Crippen LogP contribution in [0.15, 0.2) is 12.2 Å². The molecule has 0 fully saturated rings. The Bertz CT molecular complexity index is 255. The van der Waals surface area contributed by atoms with Gasteiger partial charge in [0, 0.05) is 24.5 Å². The first-order chi connectivity index (χ1) is 7.85. The van der Waals surface area contributed by atoms with Crippen LogP contribution in [-0.2, 0) is 0 Å². The van der Waals surface area contributed by atoms with E-state index in [-0.39, 0.29) is 12.0 Å². The molecule has 3 N–H and O–H groups in total. The second kappa shape index (κ2) is 5.87. The number of nitrogens with one attached hydrogen (secondary N) is 1. The molecule has 1 aliphatic carbocycles. The van der Waals surface area contributed by atoms with Crippen molar-refractivity contribution in [2.45, 2.75) is 56.8 Å². The number of nitrogens with two attached hydrogens (primary N) is 1. The van der Waals surface area contributed by atoms with Crippen molar-refractivity contribution in [3.8, 4) is 0 Å². The van der Waals surface area contributed by atoms with E-state index in [2.05, 4.69) is 17.5 Å². The van der Waals surface area contributed by atoms with E-state index in [0.717, 1.165) is 12.8 Å². The van der Waals surface area contributed by atoms with E-state index in [1.165, 1.54) is 0 Å². The average Bonchev–Trinajstić information content (AvgIpc) is 2.68. The van der Waals surface area contributed by atoms with Gasteiger partial charge in [-0.2, -0.15) is 13.2 Å². The summed E-state index contributed by atoms with van der Waals surface area (Å²) < 4.78 is 36.2. The SMILES string of the molecule is CC(CN)(CCCC(F)(F)F)NC1CC=CC1. The quantitative estimate of drug-likeness (QED) is 0.711. The van der Waals surface area contributed by atoms with Crippen LogP contribution in [0, 0.1) is 0 Å². The van der Waals surface area contributed by atoms with Gasteiger partial charge in [0.05, 0.1) is 0 Å². The number of alkyl halides is 3. The van der Waals surface area contributed by atoms with E-state index in [4.69, 9.17) is 5.73 Å². The van der Waals surface area contributed by atoms with Crippen molar-refractivity contribution in [1.82, 2.24) is 5.32 Å². The maximum Gasteiger partial charge on any atom is 0.389 e. The van der Waals surface area contributed by atoms with Gasteiger partial charge in [-0.1, -0.05) is 12.2 Å². The molecule has 17 heavy (non-hydrogen) atoms. The van der Waals surface area contributed by atoms with Gasteiger partial charge in [-0.3, -0.25) is 0 Å². The van der Waals surface area contributed by atoms with Gasteiger partial charge >= 0.3 is 6.18 Å². The molecular weight excluding hydrogens is 229 g/mol. The predicted octanol–water partition coefficient (Wildman–Crippen LogP) is 2.74. The lowest BCUT2D eigenvalue weighted by molar-refractivity contribution is -0.136. The third kappa shape index (κ3) is 5.55. The Morgan fingerprint density at radius 3 is 2.29 bits per heavy atom. The van der Waals surface area contributed by atoms with E-state index in [0.29, 0.717) is 19.0 Å². The molecule has 100 valence electrons. The first kappa shape index (κ1) is 14.5. The number of halogens is 3. The monoisotopic (exact) mass is 250 g/mol. The highest BCUT2D eigenvalue weighted by Crippen LogP contribution is 2.25. The lowest BCUT2D eigenvalue weighted by Crippen LogP contribution is -2.52. The molecule has 1 unspecified atom stereocenters. The van der Waals surface area contributed by atoms with Crippen LogP contribution in [0.3, 0.4) is 0 Å². The molecule has 0 spiro atoms. The molecule has 0 aromatic rings. The molecule has 0 saturated carbocycles. The molecule has 0 saturated heterocycles. The van der Waals surface area contributed by atoms with Crippen LogP contribution in [0.5, 0.6) is 0 Å². The first-order valence-corrected chi connectivity index (χ1v) is 6.04. The summed E-state index contributed by atoms with van der Waals surface area (Å²) >= 11 is 0. The Hall–Kier alpha value is -0.550. The minimum Gasteiger partial charge on any atom is -0.329 e. The van der Waals surface area contributed by atoms with E-state index in [9.17, 15) is 13.2 Å². The van der Waals surface area contributed by atoms with E-state index >= 15 is 0 Å². The minimum atomic E-state index is -4.07. The third-order valence-electron chi connectivity index (χ3n) is 3.20. The Balaban J connectivity index is 2.34. The average molecular weight is 250 g/mol. The summed E-state index contributed by atoms with van der Waals surface area (Å²) in [5.74, 6) is 0. The standard InChI is InChI=1S/C12H21F3N2/c1-11(9-16,7-4-8-12(13,14)15)17-10-5-2-3-6-10/h2-3,10,17H,4-9,16H2,1H3. The van der Waals surface area contributed by atoms with Crippen molar-refractivity contribution in [2.24, 2.45) is 5.73 Å². The summed E-state index contributed by atoms with van der Waals surface area (Å²) in [5.41, 5.74) is 5.28. The Kier molecular flexibility index (Phi) is 5.01. The Morgan fingerprint density at radius 2 is 1.82 bits per heavy atom. The molecule has 1 rings (SSSR count). The number of hydrogen-bond donors (Lipinski definition) is 2. The van der Waals surface area contributed by atoms with Crippen LogP contribution in [0.4, 0.5) is 13.2 Å². The van der Waals surface area contributed by atoms with E-state index < -0.39 is 12.6 Å². The summed E-state index contributed by atoms with van der Waals surface area (Å²) in [6, 6.07) is 0.328. The molecule has 0 aromatic heterocycles. The van der Waals surface area contributed by atoms with Crippen molar-refractivity contribution in [3.05, 3.63) is 12.2 Å². The van der Waals surface area contributed by atoms with Gasteiger partial charge in [-0.05, 0) is 32.6 Å². The van der Waals surface area contributed by atoms with Crippen LogP contribution in [0.25, 0.3) is 0 Å². The van der Waals surface area contributed by atoms with Crippen molar-refractivity contribution in [3.63, 3.8) is 0 Å².